The zero-order valence-corrected chi connectivity index (χ0v) is 7.39. The number of aliphatic hydroxyl groups excluding tert-OH is 1. The molecule has 0 aliphatic carbocycles. The van der Waals surface area contributed by atoms with E-state index in [1.807, 2.05) is 4.90 Å². The Balaban J connectivity index is 2.45. The van der Waals surface area contributed by atoms with Gasteiger partial charge in [-0.2, -0.15) is 0 Å². The van der Waals surface area contributed by atoms with Gasteiger partial charge in [0.05, 0.1) is 19.3 Å². The highest BCUT2D eigenvalue weighted by Gasteiger charge is 2.20. The first-order valence-electron chi connectivity index (χ1n) is 4.32. The van der Waals surface area contributed by atoms with Crippen molar-refractivity contribution in [3.63, 3.8) is 0 Å². The maximum atomic E-state index is 10.5. The largest absolute Gasteiger partial charge is 0.481 e. The molecule has 5 heteroatoms. The van der Waals surface area contributed by atoms with E-state index < -0.39 is 5.97 Å². The molecule has 0 spiro atoms. The fourth-order valence-electron chi connectivity index (χ4n) is 1.41. The maximum Gasteiger partial charge on any atom is 0.305 e. The standard InChI is InChI=1S/C8H14N2O3/c11-4-1-7(5-8(12)13)10-3-2-9-6-10/h6-7,11H,1-5H2,(H,12,13). The summed E-state index contributed by atoms with van der Waals surface area (Å²) in [6, 6.07) is -0.117. The summed E-state index contributed by atoms with van der Waals surface area (Å²) in [5, 5.41) is 17.4. The summed E-state index contributed by atoms with van der Waals surface area (Å²) in [5.74, 6) is -0.834. The topological polar surface area (TPSA) is 73.1 Å². The highest BCUT2D eigenvalue weighted by atomic mass is 16.4. The summed E-state index contributed by atoms with van der Waals surface area (Å²) in [5.41, 5.74) is 0. The lowest BCUT2D eigenvalue weighted by molar-refractivity contribution is -0.138. The summed E-state index contributed by atoms with van der Waals surface area (Å²) in [4.78, 5) is 16.4. The van der Waals surface area contributed by atoms with Crippen LogP contribution in [0.25, 0.3) is 0 Å². The Morgan fingerprint density at radius 2 is 2.46 bits per heavy atom. The molecule has 1 atom stereocenters. The van der Waals surface area contributed by atoms with E-state index in [0.29, 0.717) is 6.42 Å². The van der Waals surface area contributed by atoms with Crippen molar-refractivity contribution < 1.29 is 15.0 Å². The number of aliphatic imine (C=N–C) groups is 1. The molecule has 1 unspecified atom stereocenters. The Bertz CT molecular complexity index is 206. The molecule has 0 amide bonds. The van der Waals surface area contributed by atoms with Crippen LogP contribution in [0.3, 0.4) is 0 Å². The molecule has 13 heavy (non-hydrogen) atoms. The number of aliphatic carboxylic acids is 1. The van der Waals surface area contributed by atoms with Gasteiger partial charge in [-0.15, -0.1) is 0 Å². The molecular weight excluding hydrogens is 172 g/mol. The van der Waals surface area contributed by atoms with Crippen molar-refractivity contribution >= 4 is 12.3 Å². The summed E-state index contributed by atoms with van der Waals surface area (Å²) >= 11 is 0. The first-order valence-corrected chi connectivity index (χ1v) is 4.32. The first-order chi connectivity index (χ1) is 6.24. The van der Waals surface area contributed by atoms with Crippen LogP contribution in [0.5, 0.6) is 0 Å². The molecule has 0 radical (unpaired) electrons. The van der Waals surface area contributed by atoms with Gasteiger partial charge in [-0.3, -0.25) is 9.79 Å². The van der Waals surface area contributed by atoms with Crippen LogP contribution >= 0.6 is 0 Å². The third-order valence-electron chi connectivity index (χ3n) is 2.06. The maximum absolute atomic E-state index is 10.5. The van der Waals surface area contributed by atoms with Crippen LogP contribution < -0.4 is 0 Å². The van der Waals surface area contributed by atoms with Crippen LogP contribution in [0.1, 0.15) is 12.8 Å². The lowest BCUT2D eigenvalue weighted by Gasteiger charge is -2.24. The summed E-state index contributed by atoms with van der Waals surface area (Å²) < 4.78 is 0. The quantitative estimate of drug-likeness (QED) is 0.610. The fraction of sp³-hybridized carbons (Fsp3) is 0.750. The van der Waals surface area contributed by atoms with Gasteiger partial charge in [0, 0.05) is 19.2 Å². The van der Waals surface area contributed by atoms with Crippen molar-refractivity contribution in [3.8, 4) is 0 Å². The Labute approximate surface area is 76.7 Å². The molecular formula is C8H14N2O3. The predicted molar refractivity (Wildman–Crippen MR) is 47.8 cm³/mol. The van der Waals surface area contributed by atoms with Gasteiger partial charge in [-0.25, -0.2) is 0 Å². The smallest absolute Gasteiger partial charge is 0.305 e. The summed E-state index contributed by atoms with van der Waals surface area (Å²) in [6.07, 6.45) is 2.22. The number of rotatable bonds is 5. The number of nitrogens with zero attached hydrogens (tertiary/aromatic N) is 2. The normalized spacial score (nSPS) is 17.8. The molecule has 5 nitrogen and oxygen atoms in total. The van der Waals surface area contributed by atoms with Gasteiger partial charge in [0.15, 0.2) is 0 Å². The van der Waals surface area contributed by atoms with Crippen molar-refractivity contribution in [1.29, 1.82) is 0 Å². The summed E-state index contributed by atoms with van der Waals surface area (Å²) in [6.45, 7) is 1.50. The van der Waals surface area contributed by atoms with Crippen molar-refractivity contribution in [1.82, 2.24) is 4.90 Å². The van der Waals surface area contributed by atoms with Crippen LogP contribution in [-0.4, -0.2) is 53.2 Å². The van der Waals surface area contributed by atoms with Crippen LogP contribution in [-0.2, 0) is 4.79 Å². The minimum Gasteiger partial charge on any atom is -0.481 e. The van der Waals surface area contributed by atoms with Crippen LogP contribution in [0, 0.1) is 0 Å². The highest BCUT2D eigenvalue weighted by Crippen LogP contribution is 2.09. The molecule has 1 heterocycles. The lowest BCUT2D eigenvalue weighted by atomic mass is 10.1. The number of hydrogen-bond acceptors (Lipinski definition) is 4. The van der Waals surface area contributed by atoms with E-state index in [1.54, 1.807) is 6.34 Å². The molecule has 0 aromatic carbocycles. The van der Waals surface area contributed by atoms with Gasteiger partial charge in [-0.1, -0.05) is 0 Å². The predicted octanol–water partition coefficient (Wildman–Crippen LogP) is -0.444. The number of aliphatic hydroxyl groups is 1. The minimum absolute atomic E-state index is 0.0162. The number of carboxylic acids is 1. The second kappa shape index (κ2) is 4.81. The van der Waals surface area contributed by atoms with E-state index in [1.165, 1.54) is 0 Å². The van der Waals surface area contributed by atoms with E-state index in [9.17, 15) is 4.79 Å². The van der Waals surface area contributed by atoms with Crippen molar-refractivity contribution in [2.24, 2.45) is 4.99 Å². The fourth-order valence-corrected chi connectivity index (χ4v) is 1.41. The third kappa shape index (κ3) is 3.02. The Morgan fingerprint density at radius 3 is 2.92 bits per heavy atom. The molecule has 1 aliphatic rings. The van der Waals surface area contributed by atoms with Crippen molar-refractivity contribution in [2.45, 2.75) is 18.9 Å². The van der Waals surface area contributed by atoms with Gasteiger partial charge in [0.25, 0.3) is 0 Å². The third-order valence-corrected chi connectivity index (χ3v) is 2.06. The van der Waals surface area contributed by atoms with Gasteiger partial charge < -0.3 is 15.1 Å². The zero-order chi connectivity index (χ0) is 9.68. The Morgan fingerprint density at radius 1 is 1.69 bits per heavy atom. The van der Waals surface area contributed by atoms with E-state index in [4.69, 9.17) is 10.2 Å². The molecule has 0 saturated carbocycles. The SMILES string of the molecule is O=C(O)CC(CCO)N1C=NCC1. The molecule has 0 fully saturated rings. The van der Waals surface area contributed by atoms with Gasteiger partial charge in [0.1, 0.15) is 0 Å². The average molecular weight is 186 g/mol. The molecule has 0 saturated heterocycles. The molecule has 0 aromatic rings. The van der Waals surface area contributed by atoms with Crippen molar-refractivity contribution in [2.75, 3.05) is 19.7 Å². The number of carboxylic acid groups (broad SMARTS) is 1. The number of carbonyl (C=O) groups is 1. The minimum atomic E-state index is -0.834. The Kier molecular flexibility index (Phi) is 3.70. The van der Waals surface area contributed by atoms with E-state index in [2.05, 4.69) is 4.99 Å². The van der Waals surface area contributed by atoms with E-state index in [-0.39, 0.29) is 19.1 Å². The average Bonchev–Trinajstić information content (AvgIpc) is 2.54. The van der Waals surface area contributed by atoms with E-state index in [0.717, 1.165) is 13.1 Å². The lowest BCUT2D eigenvalue weighted by Crippen LogP contribution is -2.35. The van der Waals surface area contributed by atoms with Crippen LogP contribution in [0.4, 0.5) is 0 Å². The molecule has 0 bridgehead atoms. The van der Waals surface area contributed by atoms with Crippen LogP contribution in [0.2, 0.25) is 0 Å². The summed E-state index contributed by atoms with van der Waals surface area (Å²) in [7, 11) is 0. The second-order valence-electron chi connectivity index (χ2n) is 3.02. The zero-order valence-electron chi connectivity index (χ0n) is 7.39. The second-order valence-corrected chi connectivity index (χ2v) is 3.02. The molecule has 1 aliphatic heterocycles. The molecule has 74 valence electrons. The van der Waals surface area contributed by atoms with Gasteiger partial charge in [0.2, 0.25) is 0 Å². The molecule has 2 N–H and O–H groups in total. The van der Waals surface area contributed by atoms with E-state index >= 15 is 0 Å². The highest BCUT2D eigenvalue weighted by molar-refractivity contribution is 5.68. The first kappa shape index (κ1) is 9.98. The van der Waals surface area contributed by atoms with Gasteiger partial charge >= 0.3 is 5.97 Å². The monoisotopic (exact) mass is 186 g/mol. The van der Waals surface area contributed by atoms with Crippen LogP contribution in [0.15, 0.2) is 4.99 Å². The van der Waals surface area contributed by atoms with Crippen molar-refractivity contribution in [3.05, 3.63) is 0 Å². The van der Waals surface area contributed by atoms with Gasteiger partial charge in [-0.05, 0) is 6.42 Å². The molecule has 1 rings (SSSR count). The number of hydrogen-bond donors (Lipinski definition) is 2. The Hall–Kier alpha value is -1.10. The molecule has 0 aromatic heterocycles.